The van der Waals surface area contributed by atoms with Crippen molar-refractivity contribution in [2.45, 2.75) is 12.2 Å². The highest BCUT2D eigenvalue weighted by molar-refractivity contribution is 5.76. The second-order valence-corrected chi connectivity index (χ2v) is 1.54. The minimum Gasteiger partial charge on any atom is -0.468 e. The molecule has 0 rings (SSSR count). The molecule has 0 bridgehead atoms. The van der Waals surface area contributed by atoms with E-state index in [1.54, 1.807) is 0 Å². The van der Waals surface area contributed by atoms with E-state index in [9.17, 15) is 18.0 Å². The van der Waals surface area contributed by atoms with E-state index in [0.29, 0.717) is 0 Å². The number of rotatable bonds is 1. The van der Waals surface area contributed by atoms with E-state index in [-0.39, 0.29) is 0 Å². The van der Waals surface area contributed by atoms with E-state index in [1.807, 2.05) is 0 Å². The van der Waals surface area contributed by atoms with Crippen molar-refractivity contribution < 1.29 is 22.7 Å². The molecule has 0 aromatic rings. The molecule has 0 heterocycles. The van der Waals surface area contributed by atoms with Gasteiger partial charge >= 0.3 is 12.1 Å². The summed E-state index contributed by atoms with van der Waals surface area (Å²) < 4.78 is 38.1. The molecule has 0 aromatic heterocycles. The average Bonchev–Trinajstić information content (AvgIpc) is 1.83. The molecule has 0 aliphatic heterocycles. The molecule has 1 atom stereocenters. The van der Waals surface area contributed by atoms with E-state index in [2.05, 4.69) is 10.5 Å². The maximum absolute atomic E-state index is 11.5. The minimum atomic E-state index is -4.72. The second kappa shape index (κ2) is 2.87. The lowest BCUT2D eigenvalue weighted by Gasteiger charge is -2.11. The van der Waals surface area contributed by atoms with Crippen LogP contribution < -0.4 is 5.73 Å². The van der Waals surface area contributed by atoms with Crippen molar-refractivity contribution in [3.05, 3.63) is 0 Å². The molecular weight excluding hydrogens is 151 g/mol. The van der Waals surface area contributed by atoms with Crippen molar-refractivity contribution in [2.75, 3.05) is 7.11 Å². The standard InChI is InChI=1S/C4H6F3NO2/c1-10-3(9)2(8)4(5,6)7/h2H,8H2,1H3/t2-/m0/s1. The topological polar surface area (TPSA) is 52.3 Å². The third-order valence-corrected chi connectivity index (χ3v) is 0.808. The number of halogens is 3. The Labute approximate surface area is 54.9 Å². The van der Waals surface area contributed by atoms with Gasteiger partial charge in [-0.05, 0) is 0 Å². The Kier molecular flexibility index (Phi) is 2.65. The molecule has 2 N–H and O–H groups in total. The van der Waals surface area contributed by atoms with E-state index in [4.69, 9.17) is 0 Å². The zero-order valence-corrected chi connectivity index (χ0v) is 5.11. The first-order valence-electron chi connectivity index (χ1n) is 2.29. The first-order valence-corrected chi connectivity index (χ1v) is 2.29. The first kappa shape index (κ1) is 9.22. The molecule has 0 saturated heterocycles. The first-order chi connectivity index (χ1) is 4.39. The van der Waals surface area contributed by atoms with Crippen LogP contribution in [0, 0.1) is 0 Å². The second-order valence-electron chi connectivity index (χ2n) is 1.54. The van der Waals surface area contributed by atoms with E-state index in [1.165, 1.54) is 0 Å². The van der Waals surface area contributed by atoms with Crippen LogP contribution in [-0.4, -0.2) is 25.3 Å². The van der Waals surface area contributed by atoms with Crippen molar-refractivity contribution in [3.8, 4) is 0 Å². The summed E-state index contributed by atoms with van der Waals surface area (Å²) in [6.45, 7) is 0. The van der Waals surface area contributed by atoms with Gasteiger partial charge in [-0.25, -0.2) is 0 Å². The van der Waals surface area contributed by atoms with Crippen molar-refractivity contribution in [1.29, 1.82) is 0 Å². The van der Waals surface area contributed by atoms with Gasteiger partial charge in [-0.15, -0.1) is 0 Å². The Morgan fingerprint density at radius 3 is 2.10 bits per heavy atom. The number of carbonyl (C=O) groups excluding carboxylic acids is 1. The zero-order chi connectivity index (χ0) is 8.36. The Morgan fingerprint density at radius 1 is 1.60 bits per heavy atom. The van der Waals surface area contributed by atoms with Gasteiger partial charge in [0.1, 0.15) is 0 Å². The van der Waals surface area contributed by atoms with Crippen LogP contribution in [-0.2, 0) is 9.53 Å². The summed E-state index contributed by atoms with van der Waals surface area (Å²) in [6, 6.07) is -2.53. The summed E-state index contributed by atoms with van der Waals surface area (Å²) in [6.07, 6.45) is -4.72. The fourth-order valence-electron chi connectivity index (χ4n) is 0.261. The van der Waals surface area contributed by atoms with Gasteiger partial charge in [0, 0.05) is 0 Å². The summed E-state index contributed by atoms with van der Waals surface area (Å²) in [7, 11) is 0.841. The summed E-state index contributed by atoms with van der Waals surface area (Å²) >= 11 is 0. The van der Waals surface area contributed by atoms with Crippen LogP contribution in [0.2, 0.25) is 0 Å². The summed E-state index contributed by atoms with van der Waals surface area (Å²) in [5.41, 5.74) is 4.41. The number of hydrogen-bond acceptors (Lipinski definition) is 3. The molecule has 0 unspecified atom stereocenters. The Morgan fingerprint density at radius 2 is 2.00 bits per heavy atom. The molecule has 0 fully saturated rings. The van der Waals surface area contributed by atoms with E-state index >= 15 is 0 Å². The minimum absolute atomic E-state index is 0.841. The van der Waals surface area contributed by atoms with Gasteiger partial charge in [-0.2, -0.15) is 13.2 Å². The lowest BCUT2D eigenvalue weighted by Crippen LogP contribution is -2.44. The lowest BCUT2D eigenvalue weighted by molar-refractivity contribution is -0.177. The predicted octanol–water partition coefficient (Wildman–Crippen LogP) is 0.0490. The van der Waals surface area contributed by atoms with Crippen LogP contribution >= 0.6 is 0 Å². The van der Waals surface area contributed by atoms with Crippen LogP contribution in [0.5, 0.6) is 0 Å². The maximum atomic E-state index is 11.5. The molecule has 0 aliphatic carbocycles. The van der Waals surface area contributed by atoms with Crippen molar-refractivity contribution in [1.82, 2.24) is 0 Å². The van der Waals surface area contributed by atoms with Crippen molar-refractivity contribution in [2.24, 2.45) is 5.73 Å². The molecule has 0 saturated carbocycles. The summed E-state index contributed by atoms with van der Waals surface area (Å²) in [5, 5.41) is 0. The molecule has 0 spiro atoms. The fourth-order valence-corrected chi connectivity index (χ4v) is 0.261. The zero-order valence-electron chi connectivity index (χ0n) is 5.11. The van der Waals surface area contributed by atoms with Gasteiger partial charge in [0.25, 0.3) is 0 Å². The van der Waals surface area contributed by atoms with Gasteiger partial charge in [0.05, 0.1) is 7.11 Å². The summed E-state index contributed by atoms with van der Waals surface area (Å²) in [4.78, 5) is 10.1. The number of alkyl halides is 3. The molecule has 0 aliphatic rings. The number of esters is 1. The highest BCUT2D eigenvalue weighted by Crippen LogP contribution is 2.18. The average molecular weight is 157 g/mol. The highest BCUT2D eigenvalue weighted by Gasteiger charge is 2.42. The Hall–Kier alpha value is -0.780. The number of hydrogen-bond donors (Lipinski definition) is 1. The smallest absolute Gasteiger partial charge is 0.414 e. The number of nitrogens with two attached hydrogens (primary N) is 1. The van der Waals surface area contributed by atoms with E-state index in [0.717, 1.165) is 7.11 Å². The van der Waals surface area contributed by atoms with Crippen molar-refractivity contribution in [3.63, 3.8) is 0 Å². The molecule has 0 radical (unpaired) electrons. The van der Waals surface area contributed by atoms with Crippen LogP contribution in [0.4, 0.5) is 13.2 Å². The number of carbonyl (C=O) groups is 1. The largest absolute Gasteiger partial charge is 0.468 e. The van der Waals surface area contributed by atoms with Gasteiger partial charge in [0.2, 0.25) is 0 Å². The molecule has 0 amide bonds. The SMILES string of the molecule is COC(=O)[C@H](N)C(F)(F)F. The highest BCUT2D eigenvalue weighted by atomic mass is 19.4. The molecule has 6 heteroatoms. The van der Waals surface area contributed by atoms with Gasteiger partial charge < -0.3 is 10.5 Å². The van der Waals surface area contributed by atoms with Gasteiger partial charge in [-0.1, -0.05) is 0 Å². The summed E-state index contributed by atoms with van der Waals surface area (Å²) in [5.74, 6) is -1.48. The third-order valence-electron chi connectivity index (χ3n) is 0.808. The Balaban J connectivity index is 4.08. The monoisotopic (exact) mass is 157 g/mol. The van der Waals surface area contributed by atoms with Crippen LogP contribution in [0.25, 0.3) is 0 Å². The fraction of sp³-hybridized carbons (Fsp3) is 0.750. The lowest BCUT2D eigenvalue weighted by atomic mass is 10.3. The Bertz CT molecular complexity index is 133. The van der Waals surface area contributed by atoms with Crippen LogP contribution in [0.3, 0.4) is 0 Å². The van der Waals surface area contributed by atoms with Crippen molar-refractivity contribution >= 4 is 5.97 Å². The van der Waals surface area contributed by atoms with Gasteiger partial charge in [0.15, 0.2) is 6.04 Å². The maximum Gasteiger partial charge on any atom is 0.414 e. The molecule has 0 aromatic carbocycles. The predicted molar refractivity (Wildman–Crippen MR) is 26.0 cm³/mol. The van der Waals surface area contributed by atoms with Crippen LogP contribution in [0.1, 0.15) is 0 Å². The molecular formula is C4H6F3NO2. The van der Waals surface area contributed by atoms with Crippen LogP contribution in [0.15, 0.2) is 0 Å². The number of methoxy groups -OCH3 is 1. The van der Waals surface area contributed by atoms with E-state index < -0.39 is 18.2 Å². The number of ether oxygens (including phenoxy) is 1. The molecule has 60 valence electrons. The molecule has 10 heavy (non-hydrogen) atoms. The van der Waals surface area contributed by atoms with Gasteiger partial charge in [-0.3, -0.25) is 4.79 Å². The third kappa shape index (κ3) is 2.22. The molecule has 3 nitrogen and oxygen atoms in total. The quantitative estimate of drug-likeness (QED) is 0.547. The normalized spacial score (nSPS) is 14.5.